The second-order valence-electron chi connectivity index (χ2n) is 3.11. The number of hydrogen-bond acceptors (Lipinski definition) is 3. The van der Waals surface area contributed by atoms with E-state index in [0.717, 1.165) is 0 Å². The van der Waals surface area contributed by atoms with E-state index in [1.54, 1.807) is 0 Å². The fourth-order valence-electron chi connectivity index (χ4n) is 1.40. The Kier molecular flexibility index (Phi) is 3.13. The van der Waals surface area contributed by atoms with Crippen LogP contribution < -0.4 is 4.90 Å². The minimum absolute atomic E-state index is 0.0505. The molecule has 1 aliphatic rings. The van der Waals surface area contributed by atoms with Gasteiger partial charge in [-0.15, -0.1) is 11.6 Å². The van der Waals surface area contributed by atoms with E-state index in [-0.39, 0.29) is 16.4 Å². The standard InChI is InChI=1S/C8H6BrCl2N3O/c9-6-7(11)12-3-13-8(6)14-2-4(10)1-5(14)15/h3-4H,1-2H2. The van der Waals surface area contributed by atoms with Crippen LogP contribution in [0.5, 0.6) is 0 Å². The van der Waals surface area contributed by atoms with Crippen molar-refractivity contribution in [1.82, 2.24) is 9.97 Å². The number of halogens is 3. The molecule has 80 valence electrons. The molecule has 0 radical (unpaired) electrons. The van der Waals surface area contributed by atoms with Crippen molar-refractivity contribution in [3.63, 3.8) is 0 Å². The first-order valence-corrected chi connectivity index (χ1v) is 5.80. The molecule has 1 aromatic heterocycles. The maximum absolute atomic E-state index is 11.6. The predicted octanol–water partition coefficient (Wildman–Crippen LogP) is 2.24. The summed E-state index contributed by atoms with van der Waals surface area (Å²) in [4.78, 5) is 20.9. The average molecular weight is 311 g/mol. The predicted molar refractivity (Wildman–Crippen MR) is 61.4 cm³/mol. The summed E-state index contributed by atoms with van der Waals surface area (Å²) >= 11 is 14.9. The van der Waals surface area contributed by atoms with Crippen molar-refractivity contribution in [3.05, 3.63) is 16.0 Å². The molecule has 2 heterocycles. The van der Waals surface area contributed by atoms with E-state index in [1.165, 1.54) is 11.2 Å². The summed E-state index contributed by atoms with van der Waals surface area (Å²) in [5.74, 6) is 0.425. The first-order valence-electron chi connectivity index (χ1n) is 4.20. The van der Waals surface area contributed by atoms with E-state index in [4.69, 9.17) is 23.2 Å². The van der Waals surface area contributed by atoms with E-state index in [9.17, 15) is 4.79 Å². The number of anilines is 1. The van der Waals surface area contributed by atoms with Gasteiger partial charge in [0.05, 0.1) is 9.85 Å². The lowest BCUT2D eigenvalue weighted by Gasteiger charge is -2.15. The van der Waals surface area contributed by atoms with Crippen LogP contribution in [0.2, 0.25) is 5.15 Å². The molecule has 0 spiro atoms. The topological polar surface area (TPSA) is 46.1 Å². The summed E-state index contributed by atoms with van der Waals surface area (Å²) in [6.45, 7) is 0.451. The molecule has 2 rings (SSSR count). The third-order valence-electron chi connectivity index (χ3n) is 2.06. The van der Waals surface area contributed by atoms with Crippen molar-refractivity contribution in [3.8, 4) is 0 Å². The maximum Gasteiger partial charge on any atom is 0.229 e. The number of carbonyl (C=O) groups is 1. The van der Waals surface area contributed by atoms with Gasteiger partial charge in [-0.25, -0.2) is 9.97 Å². The SMILES string of the molecule is O=C1CC(Cl)CN1c1ncnc(Cl)c1Br. The summed E-state index contributed by atoms with van der Waals surface area (Å²) in [5.41, 5.74) is 0. The van der Waals surface area contributed by atoms with E-state index in [1.807, 2.05) is 0 Å². The molecule has 0 saturated carbocycles. The van der Waals surface area contributed by atoms with E-state index < -0.39 is 0 Å². The summed E-state index contributed by atoms with van der Waals surface area (Å²) in [6.07, 6.45) is 1.65. The lowest BCUT2D eigenvalue weighted by atomic mass is 10.4. The van der Waals surface area contributed by atoms with Crippen molar-refractivity contribution < 1.29 is 4.79 Å². The number of aromatic nitrogens is 2. The molecule has 15 heavy (non-hydrogen) atoms. The Morgan fingerprint density at radius 3 is 2.87 bits per heavy atom. The molecule has 0 aromatic carbocycles. The molecule has 1 aliphatic heterocycles. The highest BCUT2D eigenvalue weighted by Crippen LogP contribution is 2.32. The van der Waals surface area contributed by atoms with Crippen molar-refractivity contribution in [2.75, 3.05) is 11.4 Å². The lowest BCUT2D eigenvalue weighted by Crippen LogP contribution is -2.26. The summed E-state index contributed by atoms with van der Waals surface area (Å²) < 4.78 is 0.519. The van der Waals surface area contributed by atoms with Gasteiger partial charge in [-0.1, -0.05) is 11.6 Å². The number of carbonyl (C=O) groups excluding carboxylic acids is 1. The lowest BCUT2D eigenvalue weighted by molar-refractivity contribution is -0.117. The van der Waals surface area contributed by atoms with Gasteiger partial charge in [-0.3, -0.25) is 9.69 Å². The third-order valence-corrected chi connectivity index (χ3v) is 3.60. The fraction of sp³-hybridized carbons (Fsp3) is 0.375. The first kappa shape index (κ1) is 11.1. The molecule has 1 atom stereocenters. The van der Waals surface area contributed by atoms with Crippen molar-refractivity contribution >= 4 is 50.9 Å². The van der Waals surface area contributed by atoms with Crippen molar-refractivity contribution in [1.29, 1.82) is 0 Å². The summed E-state index contributed by atoms with van der Waals surface area (Å²) in [5, 5.41) is 0.115. The number of nitrogens with zero attached hydrogens (tertiary/aromatic N) is 3. The van der Waals surface area contributed by atoms with Gasteiger partial charge in [0.2, 0.25) is 5.91 Å². The Bertz CT molecular complexity index is 415. The summed E-state index contributed by atoms with van der Waals surface area (Å²) in [6, 6.07) is 0. The number of hydrogen-bond donors (Lipinski definition) is 0. The van der Waals surface area contributed by atoms with Gasteiger partial charge in [0, 0.05) is 13.0 Å². The minimum atomic E-state index is -0.168. The second kappa shape index (κ2) is 4.23. The highest BCUT2D eigenvalue weighted by Gasteiger charge is 2.31. The Hall–Kier alpha value is -0.390. The molecular weight excluding hydrogens is 305 g/mol. The average Bonchev–Trinajstić information content (AvgIpc) is 2.50. The normalized spacial score (nSPS) is 21.1. The van der Waals surface area contributed by atoms with Crippen LogP contribution in [0.15, 0.2) is 10.8 Å². The van der Waals surface area contributed by atoms with E-state index in [0.29, 0.717) is 23.3 Å². The molecule has 4 nitrogen and oxygen atoms in total. The highest BCUT2D eigenvalue weighted by atomic mass is 79.9. The quantitative estimate of drug-likeness (QED) is 0.590. The van der Waals surface area contributed by atoms with Crippen LogP contribution in [0, 0.1) is 0 Å². The van der Waals surface area contributed by atoms with Gasteiger partial charge in [-0.05, 0) is 15.9 Å². The molecule has 7 heteroatoms. The van der Waals surface area contributed by atoms with Crippen LogP contribution >= 0.6 is 39.1 Å². The molecule has 0 aliphatic carbocycles. The molecule has 1 aromatic rings. The van der Waals surface area contributed by atoms with Gasteiger partial charge < -0.3 is 0 Å². The molecule has 1 unspecified atom stereocenters. The molecular formula is C8H6BrCl2N3O. The zero-order valence-electron chi connectivity index (χ0n) is 7.45. The maximum atomic E-state index is 11.6. The third kappa shape index (κ3) is 2.09. The van der Waals surface area contributed by atoms with E-state index >= 15 is 0 Å². The van der Waals surface area contributed by atoms with Gasteiger partial charge in [0.15, 0.2) is 5.82 Å². The Morgan fingerprint density at radius 2 is 2.27 bits per heavy atom. The number of amides is 1. The first-order chi connectivity index (χ1) is 7.09. The molecule has 0 N–H and O–H groups in total. The second-order valence-corrected chi connectivity index (χ2v) is 4.88. The van der Waals surface area contributed by atoms with Crippen LogP contribution in [0.1, 0.15) is 6.42 Å². The molecule has 1 saturated heterocycles. The Morgan fingerprint density at radius 1 is 1.53 bits per heavy atom. The van der Waals surface area contributed by atoms with Crippen LogP contribution in [-0.2, 0) is 4.79 Å². The van der Waals surface area contributed by atoms with Gasteiger partial charge in [0.25, 0.3) is 0 Å². The van der Waals surface area contributed by atoms with Crippen LogP contribution in [0.4, 0.5) is 5.82 Å². The van der Waals surface area contributed by atoms with Crippen LogP contribution in [-0.4, -0.2) is 27.8 Å². The van der Waals surface area contributed by atoms with Gasteiger partial charge in [0.1, 0.15) is 11.5 Å². The smallest absolute Gasteiger partial charge is 0.229 e. The molecule has 1 fully saturated rings. The zero-order chi connectivity index (χ0) is 11.0. The summed E-state index contributed by atoms with van der Waals surface area (Å²) in [7, 11) is 0. The fourth-order valence-corrected chi connectivity index (χ4v) is 2.21. The highest BCUT2D eigenvalue weighted by molar-refractivity contribution is 9.10. The van der Waals surface area contributed by atoms with Crippen molar-refractivity contribution in [2.45, 2.75) is 11.8 Å². The molecule has 1 amide bonds. The Labute approximate surface area is 105 Å². The van der Waals surface area contributed by atoms with Crippen molar-refractivity contribution in [2.24, 2.45) is 0 Å². The number of rotatable bonds is 1. The minimum Gasteiger partial charge on any atom is -0.294 e. The van der Waals surface area contributed by atoms with Crippen LogP contribution in [0.25, 0.3) is 0 Å². The van der Waals surface area contributed by atoms with Gasteiger partial charge >= 0.3 is 0 Å². The van der Waals surface area contributed by atoms with E-state index in [2.05, 4.69) is 25.9 Å². The monoisotopic (exact) mass is 309 g/mol. The van der Waals surface area contributed by atoms with Crippen LogP contribution in [0.3, 0.4) is 0 Å². The largest absolute Gasteiger partial charge is 0.294 e. The van der Waals surface area contributed by atoms with Gasteiger partial charge in [-0.2, -0.15) is 0 Å². The zero-order valence-corrected chi connectivity index (χ0v) is 10.6. The Balaban J connectivity index is 2.38. The molecule has 0 bridgehead atoms. The number of alkyl halides is 1.